The first-order valence-electron chi connectivity index (χ1n) is 5.17. The van der Waals surface area contributed by atoms with Crippen molar-refractivity contribution in [3.8, 4) is 5.75 Å². The summed E-state index contributed by atoms with van der Waals surface area (Å²) in [5.41, 5.74) is 1.24. The highest BCUT2D eigenvalue weighted by Crippen LogP contribution is 2.21. The number of ether oxygens (including phenoxy) is 2. The minimum atomic E-state index is -0.977. The van der Waals surface area contributed by atoms with Crippen molar-refractivity contribution in [1.29, 1.82) is 0 Å². The van der Waals surface area contributed by atoms with Gasteiger partial charge in [0.25, 0.3) is 0 Å². The van der Waals surface area contributed by atoms with Gasteiger partial charge in [-0.15, -0.1) is 0 Å². The Kier molecular flexibility index (Phi) is 4.79. The van der Waals surface area contributed by atoms with E-state index in [9.17, 15) is 4.79 Å². The summed E-state index contributed by atoms with van der Waals surface area (Å²) < 4.78 is 10.2. The Bertz CT molecular complexity index is 360. The molecule has 4 nitrogen and oxygen atoms in total. The van der Waals surface area contributed by atoms with Gasteiger partial charge in [0.05, 0.1) is 6.61 Å². The molecule has 0 radical (unpaired) electrons. The zero-order valence-electron chi connectivity index (χ0n) is 9.53. The van der Waals surface area contributed by atoms with Crippen molar-refractivity contribution in [2.75, 3.05) is 20.3 Å². The summed E-state index contributed by atoms with van der Waals surface area (Å²) in [6.45, 7) is 2.80. The first kappa shape index (κ1) is 12.5. The van der Waals surface area contributed by atoms with Crippen LogP contribution in [0.4, 0.5) is 0 Å². The van der Waals surface area contributed by atoms with Gasteiger partial charge in [-0.1, -0.05) is 13.0 Å². The third kappa shape index (κ3) is 3.24. The second-order valence-corrected chi connectivity index (χ2v) is 3.33. The predicted octanol–water partition coefficient (Wildman–Crippen LogP) is 1.97. The van der Waals surface area contributed by atoms with Crippen LogP contribution in [-0.4, -0.2) is 31.4 Å². The fraction of sp³-hybridized carbons (Fsp3) is 0.417. The summed E-state index contributed by atoms with van der Waals surface area (Å²) in [7, 11) is 1.57. The molecule has 0 aromatic heterocycles. The summed E-state index contributed by atoms with van der Waals surface area (Å²) in [4.78, 5) is 10.9. The Hall–Kier alpha value is -1.55. The molecule has 1 aromatic carbocycles. The van der Waals surface area contributed by atoms with E-state index in [1.165, 1.54) is 0 Å². The molecule has 1 aromatic rings. The average molecular weight is 224 g/mol. The van der Waals surface area contributed by atoms with E-state index < -0.39 is 5.97 Å². The molecular weight excluding hydrogens is 208 g/mol. The number of aromatic carboxylic acids is 1. The lowest BCUT2D eigenvalue weighted by Crippen LogP contribution is -2.08. The van der Waals surface area contributed by atoms with Crippen LogP contribution in [0.3, 0.4) is 0 Å². The van der Waals surface area contributed by atoms with E-state index in [-0.39, 0.29) is 5.56 Å². The molecule has 1 rings (SSSR count). The number of hydrogen-bond donors (Lipinski definition) is 1. The molecule has 0 heterocycles. The molecule has 0 amide bonds. The number of carboxylic acid groups (broad SMARTS) is 1. The maximum atomic E-state index is 10.9. The molecule has 0 unspecified atom stereocenters. The Balaban J connectivity index is 2.87. The maximum absolute atomic E-state index is 10.9. The minimum Gasteiger partial charge on any atom is -0.490 e. The molecular formula is C12H16O4. The van der Waals surface area contributed by atoms with Gasteiger partial charge in [-0.2, -0.15) is 0 Å². The molecule has 0 fully saturated rings. The number of carbonyl (C=O) groups is 1. The lowest BCUT2D eigenvalue weighted by atomic mass is 10.1. The van der Waals surface area contributed by atoms with E-state index in [0.717, 1.165) is 12.0 Å². The van der Waals surface area contributed by atoms with Crippen LogP contribution in [0.1, 0.15) is 22.8 Å². The van der Waals surface area contributed by atoms with Crippen LogP contribution in [0.25, 0.3) is 0 Å². The molecule has 0 atom stereocenters. The Morgan fingerprint density at radius 1 is 1.38 bits per heavy atom. The summed E-state index contributed by atoms with van der Waals surface area (Å²) >= 11 is 0. The largest absolute Gasteiger partial charge is 0.490 e. The van der Waals surface area contributed by atoms with Gasteiger partial charge in [0.15, 0.2) is 0 Å². The molecule has 0 saturated heterocycles. The Labute approximate surface area is 94.8 Å². The number of rotatable bonds is 6. The van der Waals surface area contributed by atoms with Crippen molar-refractivity contribution in [3.63, 3.8) is 0 Å². The highest BCUT2D eigenvalue weighted by molar-refractivity contribution is 5.90. The lowest BCUT2D eigenvalue weighted by molar-refractivity contribution is 0.0689. The average Bonchev–Trinajstić information content (AvgIpc) is 2.29. The highest BCUT2D eigenvalue weighted by Gasteiger charge is 2.11. The van der Waals surface area contributed by atoms with Crippen LogP contribution in [0, 0.1) is 0 Å². The Morgan fingerprint density at radius 3 is 2.69 bits per heavy atom. The van der Waals surface area contributed by atoms with Crippen LogP contribution >= 0.6 is 0 Å². The molecule has 0 spiro atoms. The summed E-state index contributed by atoms with van der Waals surface area (Å²) in [6.07, 6.45) is 0.848. The number of aryl methyl sites for hydroxylation is 1. The predicted molar refractivity (Wildman–Crippen MR) is 60.2 cm³/mol. The van der Waals surface area contributed by atoms with E-state index in [1.807, 2.05) is 6.92 Å². The summed E-state index contributed by atoms with van der Waals surface area (Å²) in [6, 6.07) is 5.13. The SMILES string of the molecule is CCc1ccc(C(=O)O)c(OCCOC)c1. The molecule has 88 valence electrons. The quantitative estimate of drug-likeness (QED) is 0.750. The first-order chi connectivity index (χ1) is 7.69. The number of methoxy groups -OCH3 is 1. The van der Waals surface area contributed by atoms with Gasteiger partial charge in [-0.25, -0.2) is 4.79 Å². The van der Waals surface area contributed by atoms with E-state index >= 15 is 0 Å². The van der Waals surface area contributed by atoms with Crippen LogP contribution in [0.5, 0.6) is 5.75 Å². The van der Waals surface area contributed by atoms with Gasteiger partial charge >= 0.3 is 5.97 Å². The van der Waals surface area contributed by atoms with Crippen molar-refractivity contribution in [2.24, 2.45) is 0 Å². The second-order valence-electron chi connectivity index (χ2n) is 3.33. The fourth-order valence-corrected chi connectivity index (χ4v) is 1.32. The zero-order chi connectivity index (χ0) is 12.0. The van der Waals surface area contributed by atoms with Crippen molar-refractivity contribution >= 4 is 5.97 Å². The molecule has 4 heteroatoms. The molecule has 0 saturated carbocycles. The van der Waals surface area contributed by atoms with Crippen molar-refractivity contribution in [3.05, 3.63) is 29.3 Å². The third-order valence-corrected chi connectivity index (χ3v) is 2.23. The van der Waals surface area contributed by atoms with E-state index in [2.05, 4.69) is 0 Å². The highest BCUT2D eigenvalue weighted by atomic mass is 16.5. The van der Waals surface area contributed by atoms with E-state index in [0.29, 0.717) is 19.0 Å². The normalized spacial score (nSPS) is 10.1. The van der Waals surface area contributed by atoms with Crippen LogP contribution < -0.4 is 4.74 Å². The Morgan fingerprint density at radius 2 is 2.12 bits per heavy atom. The maximum Gasteiger partial charge on any atom is 0.339 e. The summed E-state index contributed by atoms with van der Waals surface area (Å²) in [5, 5.41) is 8.97. The topological polar surface area (TPSA) is 55.8 Å². The summed E-state index contributed by atoms with van der Waals surface area (Å²) in [5.74, 6) is -0.570. The van der Waals surface area contributed by atoms with Gasteiger partial charge in [0.2, 0.25) is 0 Å². The van der Waals surface area contributed by atoms with Crippen molar-refractivity contribution in [2.45, 2.75) is 13.3 Å². The standard InChI is InChI=1S/C12H16O4/c1-3-9-4-5-10(12(13)14)11(8-9)16-7-6-15-2/h4-5,8H,3,6-7H2,1-2H3,(H,13,14). The monoisotopic (exact) mass is 224 g/mol. The van der Waals surface area contributed by atoms with E-state index in [4.69, 9.17) is 14.6 Å². The zero-order valence-corrected chi connectivity index (χ0v) is 9.53. The van der Waals surface area contributed by atoms with Crippen LogP contribution in [-0.2, 0) is 11.2 Å². The van der Waals surface area contributed by atoms with Crippen LogP contribution in [0.15, 0.2) is 18.2 Å². The first-order valence-corrected chi connectivity index (χ1v) is 5.17. The fourth-order valence-electron chi connectivity index (χ4n) is 1.32. The third-order valence-electron chi connectivity index (χ3n) is 2.23. The molecule has 0 aliphatic carbocycles. The van der Waals surface area contributed by atoms with Gasteiger partial charge < -0.3 is 14.6 Å². The molecule has 0 aliphatic rings. The van der Waals surface area contributed by atoms with Crippen molar-refractivity contribution in [1.82, 2.24) is 0 Å². The van der Waals surface area contributed by atoms with Gasteiger partial charge in [0, 0.05) is 7.11 Å². The smallest absolute Gasteiger partial charge is 0.339 e. The molecule has 0 bridgehead atoms. The number of hydrogen-bond acceptors (Lipinski definition) is 3. The number of carboxylic acids is 1. The molecule has 16 heavy (non-hydrogen) atoms. The van der Waals surface area contributed by atoms with Gasteiger partial charge in [-0.3, -0.25) is 0 Å². The minimum absolute atomic E-state index is 0.188. The van der Waals surface area contributed by atoms with Gasteiger partial charge in [0.1, 0.15) is 17.9 Å². The second kappa shape index (κ2) is 6.12. The molecule has 0 aliphatic heterocycles. The van der Waals surface area contributed by atoms with Gasteiger partial charge in [-0.05, 0) is 24.1 Å². The number of benzene rings is 1. The van der Waals surface area contributed by atoms with Crippen molar-refractivity contribution < 1.29 is 19.4 Å². The van der Waals surface area contributed by atoms with E-state index in [1.54, 1.807) is 25.3 Å². The lowest BCUT2D eigenvalue weighted by Gasteiger charge is -2.10. The molecule has 1 N–H and O–H groups in total. The van der Waals surface area contributed by atoms with Crippen LogP contribution in [0.2, 0.25) is 0 Å².